The van der Waals surface area contributed by atoms with Gasteiger partial charge in [0, 0.05) is 5.92 Å². The predicted molar refractivity (Wildman–Crippen MR) is 84.0 cm³/mol. The maximum absolute atomic E-state index is 12.4. The summed E-state index contributed by atoms with van der Waals surface area (Å²) < 4.78 is 28.9. The highest BCUT2D eigenvalue weighted by Crippen LogP contribution is 2.39. The summed E-state index contributed by atoms with van der Waals surface area (Å²) in [7, 11) is -3.06. The van der Waals surface area contributed by atoms with Gasteiger partial charge in [-0.1, -0.05) is 43.2 Å². The lowest BCUT2D eigenvalue weighted by atomic mass is 9.94. The molecule has 22 heavy (non-hydrogen) atoms. The number of hydrogen-bond acceptors (Lipinski definition) is 4. The monoisotopic (exact) mass is 322 g/mol. The molecule has 0 spiro atoms. The van der Waals surface area contributed by atoms with Crippen molar-refractivity contribution in [3.05, 3.63) is 35.9 Å². The van der Waals surface area contributed by atoms with E-state index in [4.69, 9.17) is 4.74 Å². The number of sulfone groups is 1. The highest BCUT2D eigenvalue weighted by molar-refractivity contribution is 7.91. The smallest absolute Gasteiger partial charge is 0.310 e. The van der Waals surface area contributed by atoms with Gasteiger partial charge in [0.2, 0.25) is 0 Å². The molecule has 1 aromatic rings. The van der Waals surface area contributed by atoms with E-state index in [1.54, 1.807) is 0 Å². The van der Waals surface area contributed by atoms with E-state index in [9.17, 15) is 13.2 Å². The minimum atomic E-state index is -3.06. The first-order chi connectivity index (χ1) is 10.6. The largest absolute Gasteiger partial charge is 0.457 e. The van der Waals surface area contributed by atoms with Crippen LogP contribution in [0.15, 0.2) is 30.3 Å². The Morgan fingerprint density at radius 3 is 2.36 bits per heavy atom. The normalized spacial score (nSPS) is 25.9. The molecular formula is C17H22O4S. The third-order valence-corrected chi connectivity index (χ3v) is 6.53. The molecule has 5 heteroatoms. The second-order valence-corrected chi connectivity index (χ2v) is 8.64. The molecule has 120 valence electrons. The quantitative estimate of drug-likeness (QED) is 0.800. The lowest BCUT2D eigenvalue weighted by molar-refractivity contribution is -0.156. The van der Waals surface area contributed by atoms with Crippen LogP contribution in [0.1, 0.15) is 43.8 Å². The molecule has 2 fully saturated rings. The molecule has 0 N–H and O–H groups in total. The fourth-order valence-corrected chi connectivity index (χ4v) is 5.27. The Balaban J connectivity index is 1.74. The Hall–Kier alpha value is -1.36. The molecule has 1 heterocycles. The van der Waals surface area contributed by atoms with E-state index in [1.165, 1.54) is 12.8 Å². The zero-order chi connectivity index (χ0) is 15.6. The van der Waals surface area contributed by atoms with Crippen LogP contribution in [0.3, 0.4) is 0 Å². The highest BCUT2D eigenvalue weighted by atomic mass is 32.2. The Labute approximate surface area is 131 Å². The predicted octanol–water partition coefficient (Wildman–Crippen LogP) is 2.90. The van der Waals surface area contributed by atoms with Gasteiger partial charge in [-0.2, -0.15) is 0 Å². The van der Waals surface area contributed by atoms with Gasteiger partial charge >= 0.3 is 5.97 Å². The van der Waals surface area contributed by atoms with Crippen molar-refractivity contribution < 1.29 is 17.9 Å². The van der Waals surface area contributed by atoms with E-state index in [1.807, 2.05) is 30.3 Å². The standard InChI is InChI=1S/C17H22O4S/c18-17(15-10-11-22(19,20)12-15)21-16(14-8-4-5-9-14)13-6-2-1-3-7-13/h1-3,6-7,14-16H,4-5,8-12H2/t15-,16+/m1/s1. The van der Waals surface area contributed by atoms with E-state index in [0.29, 0.717) is 12.3 Å². The molecule has 1 saturated heterocycles. The Morgan fingerprint density at radius 2 is 1.77 bits per heavy atom. The van der Waals surface area contributed by atoms with Crippen molar-refractivity contribution in [3.63, 3.8) is 0 Å². The minimum absolute atomic E-state index is 0.0575. The van der Waals surface area contributed by atoms with Gasteiger partial charge in [-0.25, -0.2) is 8.42 Å². The molecule has 1 saturated carbocycles. The van der Waals surface area contributed by atoms with Gasteiger partial charge < -0.3 is 4.74 Å². The van der Waals surface area contributed by atoms with Gasteiger partial charge in [-0.3, -0.25) is 4.79 Å². The van der Waals surface area contributed by atoms with Gasteiger partial charge in [-0.15, -0.1) is 0 Å². The van der Waals surface area contributed by atoms with Crippen LogP contribution in [0.4, 0.5) is 0 Å². The highest BCUT2D eigenvalue weighted by Gasteiger charge is 2.37. The first-order valence-corrected chi connectivity index (χ1v) is 9.83. The van der Waals surface area contributed by atoms with Crippen molar-refractivity contribution in [2.75, 3.05) is 11.5 Å². The number of carbonyl (C=O) groups is 1. The van der Waals surface area contributed by atoms with Crippen molar-refractivity contribution >= 4 is 15.8 Å². The van der Waals surface area contributed by atoms with Crippen molar-refractivity contribution in [3.8, 4) is 0 Å². The van der Waals surface area contributed by atoms with Gasteiger partial charge in [0.1, 0.15) is 6.10 Å². The van der Waals surface area contributed by atoms with E-state index >= 15 is 0 Å². The fourth-order valence-electron chi connectivity index (χ4n) is 3.54. The average molecular weight is 322 g/mol. The summed E-state index contributed by atoms with van der Waals surface area (Å²) in [4.78, 5) is 12.4. The Morgan fingerprint density at radius 1 is 1.09 bits per heavy atom. The number of ether oxygens (including phenoxy) is 1. The summed E-state index contributed by atoms with van der Waals surface area (Å²) in [5, 5.41) is 0. The van der Waals surface area contributed by atoms with Crippen molar-refractivity contribution in [1.82, 2.24) is 0 Å². The molecule has 0 radical (unpaired) electrons. The van der Waals surface area contributed by atoms with E-state index in [2.05, 4.69) is 0 Å². The first kappa shape index (κ1) is 15.5. The molecule has 2 aliphatic rings. The second-order valence-electron chi connectivity index (χ2n) is 6.41. The third kappa shape index (κ3) is 3.51. The molecule has 0 aromatic heterocycles. The average Bonchev–Trinajstić information content (AvgIpc) is 3.15. The summed E-state index contributed by atoms with van der Waals surface area (Å²) >= 11 is 0. The number of hydrogen-bond donors (Lipinski definition) is 0. The summed E-state index contributed by atoms with van der Waals surface area (Å²) in [6.07, 6.45) is 4.63. The molecule has 3 rings (SSSR count). The molecule has 1 aliphatic carbocycles. The van der Waals surface area contributed by atoms with Gasteiger partial charge in [0.25, 0.3) is 0 Å². The number of carbonyl (C=O) groups excluding carboxylic acids is 1. The van der Waals surface area contributed by atoms with Crippen LogP contribution in [0.25, 0.3) is 0 Å². The minimum Gasteiger partial charge on any atom is -0.457 e. The molecule has 1 aromatic carbocycles. The van der Waals surface area contributed by atoms with E-state index in [-0.39, 0.29) is 23.6 Å². The molecule has 0 amide bonds. The summed E-state index contributed by atoms with van der Waals surface area (Å²) in [6.45, 7) is 0. The second kappa shape index (κ2) is 6.41. The van der Waals surface area contributed by atoms with Crippen molar-refractivity contribution in [2.24, 2.45) is 11.8 Å². The maximum Gasteiger partial charge on any atom is 0.310 e. The van der Waals surface area contributed by atoms with Crippen LogP contribution in [0, 0.1) is 11.8 Å². The van der Waals surface area contributed by atoms with Crippen molar-refractivity contribution in [2.45, 2.75) is 38.2 Å². The topological polar surface area (TPSA) is 60.4 Å². The van der Waals surface area contributed by atoms with Crippen LogP contribution in [0.5, 0.6) is 0 Å². The number of rotatable bonds is 4. The molecule has 2 atom stereocenters. The summed E-state index contributed by atoms with van der Waals surface area (Å²) in [5.74, 6) is -0.437. The Bertz CT molecular complexity index is 617. The van der Waals surface area contributed by atoms with Crippen molar-refractivity contribution in [1.29, 1.82) is 0 Å². The van der Waals surface area contributed by atoms with Crippen LogP contribution in [-0.4, -0.2) is 25.9 Å². The molecule has 0 unspecified atom stereocenters. The van der Waals surface area contributed by atoms with Gasteiger partial charge in [0.15, 0.2) is 9.84 Å². The number of benzene rings is 1. The van der Waals surface area contributed by atoms with Crippen LogP contribution in [-0.2, 0) is 19.4 Å². The van der Waals surface area contributed by atoms with Crippen LogP contribution >= 0.6 is 0 Å². The zero-order valence-electron chi connectivity index (χ0n) is 12.6. The van der Waals surface area contributed by atoms with Crippen LogP contribution in [0.2, 0.25) is 0 Å². The van der Waals surface area contributed by atoms with Gasteiger partial charge in [-0.05, 0) is 24.8 Å². The zero-order valence-corrected chi connectivity index (χ0v) is 13.4. The Kier molecular flexibility index (Phi) is 4.52. The van der Waals surface area contributed by atoms with E-state index in [0.717, 1.165) is 18.4 Å². The lowest BCUT2D eigenvalue weighted by Crippen LogP contribution is -2.24. The maximum atomic E-state index is 12.4. The molecular weight excluding hydrogens is 300 g/mol. The first-order valence-electron chi connectivity index (χ1n) is 8.01. The summed E-state index contributed by atoms with van der Waals surface area (Å²) in [6, 6.07) is 9.82. The molecule has 4 nitrogen and oxygen atoms in total. The van der Waals surface area contributed by atoms with E-state index < -0.39 is 15.8 Å². The molecule has 1 aliphatic heterocycles. The lowest BCUT2D eigenvalue weighted by Gasteiger charge is -2.25. The summed E-state index contributed by atoms with van der Waals surface area (Å²) in [5.41, 5.74) is 1.02. The van der Waals surface area contributed by atoms with Crippen LogP contribution < -0.4 is 0 Å². The third-order valence-electron chi connectivity index (χ3n) is 4.76. The number of esters is 1. The fraction of sp³-hybridized carbons (Fsp3) is 0.588. The SMILES string of the molecule is O=C(O[C@@H](c1ccccc1)C1CCCC1)[C@@H]1CCS(=O)(=O)C1. The van der Waals surface area contributed by atoms with Gasteiger partial charge in [0.05, 0.1) is 17.4 Å². The molecule has 0 bridgehead atoms.